The molecule has 3 aromatic rings. The molecule has 22 heavy (non-hydrogen) atoms. The van der Waals surface area contributed by atoms with Gasteiger partial charge in [-0.2, -0.15) is 0 Å². The molecule has 6 nitrogen and oxygen atoms in total. The van der Waals surface area contributed by atoms with Gasteiger partial charge in [-0.1, -0.05) is 11.3 Å². The van der Waals surface area contributed by atoms with E-state index in [-0.39, 0.29) is 5.91 Å². The van der Waals surface area contributed by atoms with Crippen molar-refractivity contribution in [2.45, 2.75) is 20.5 Å². The molecule has 0 atom stereocenters. The third-order valence-corrected chi connectivity index (χ3v) is 3.83. The summed E-state index contributed by atoms with van der Waals surface area (Å²) in [4.78, 5) is 12.3. The summed E-state index contributed by atoms with van der Waals surface area (Å²) >= 11 is 1.31. The number of aromatic nitrogens is 2. The molecule has 0 aliphatic heterocycles. The van der Waals surface area contributed by atoms with Crippen LogP contribution < -0.4 is 5.32 Å². The van der Waals surface area contributed by atoms with E-state index in [1.807, 2.05) is 19.9 Å². The van der Waals surface area contributed by atoms with Gasteiger partial charge in [0.1, 0.15) is 23.0 Å². The van der Waals surface area contributed by atoms with Crippen molar-refractivity contribution in [3.8, 4) is 0 Å². The Morgan fingerprint density at radius 3 is 3.05 bits per heavy atom. The second-order valence-corrected chi connectivity index (χ2v) is 5.76. The summed E-state index contributed by atoms with van der Waals surface area (Å²) in [7, 11) is 0. The third-order valence-electron chi connectivity index (χ3n) is 3.02. The van der Waals surface area contributed by atoms with Crippen molar-refractivity contribution >= 4 is 33.3 Å². The summed E-state index contributed by atoms with van der Waals surface area (Å²) in [6.45, 7) is 4.81. The van der Waals surface area contributed by atoms with E-state index in [2.05, 4.69) is 15.5 Å². The van der Waals surface area contributed by atoms with Gasteiger partial charge >= 0.3 is 0 Å². The van der Waals surface area contributed by atoms with Crippen LogP contribution in [0.4, 0.5) is 5.13 Å². The minimum Gasteiger partial charge on any atom is -0.461 e. The Balaban J connectivity index is 1.73. The Morgan fingerprint density at radius 1 is 1.36 bits per heavy atom. The number of hydrogen-bond acceptors (Lipinski definition) is 6. The Morgan fingerprint density at radius 2 is 2.23 bits per heavy atom. The lowest BCUT2D eigenvalue weighted by atomic mass is 10.1. The van der Waals surface area contributed by atoms with E-state index in [9.17, 15) is 4.79 Å². The van der Waals surface area contributed by atoms with Crippen LogP contribution in [0.5, 0.6) is 0 Å². The minimum absolute atomic E-state index is 0.222. The first kappa shape index (κ1) is 14.7. The Hall–Kier alpha value is -2.25. The lowest BCUT2D eigenvalue weighted by molar-refractivity contribution is 0.102. The molecule has 0 aliphatic carbocycles. The summed E-state index contributed by atoms with van der Waals surface area (Å²) in [5, 5.41) is 12.8. The Bertz CT molecular complexity index is 809. The summed E-state index contributed by atoms with van der Waals surface area (Å²) in [6, 6.07) is 7.21. The van der Waals surface area contributed by atoms with Crippen molar-refractivity contribution in [3.05, 3.63) is 40.6 Å². The van der Waals surface area contributed by atoms with Crippen LogP contribution in [0.3, 0.4) is 0 Å². The van der Waals surface area contributed by atoms with Crippen molar-refractivity contribution in [2.24, 2.45) is 0 Å². The molecule has 3 rings (SSSR count). The molecule has 7 heteroatoms. The fourth-order valence-corrected chi connectivity index (χ4v) is 2.71. The molecule has 1 aromatic carbocycles. The quantitative estimate of drug-likeness (QED) is 0.780. The molecule has 0 saturated carbocycles. The highest BCUT2D eigenvalue weighted by molar-refractivity contribution is 7.15. The van der Waals surface area contributed by atoms with E-state index >= 15 is 0 Å². The predicted octanol–water partition coefficient (Wildman–Crippen LogP) is 3.38. The zero-order chi connectivity index (χ0) is 15.5. The van der Waals surface area contributed by atoms with Crippen LogP contribution >= 0.6 is 11.3 Å². The molecule has 0 spiro atoms. The second-order valence-electron chi connectivity index (χ2n) is 4.70. The van der Waals surface area contributed by atoms with E-state index in [4.69, 9.17) is 9.15 Å². The number of fused-ring (bicyclic) bond motifs is 1. The van der Waals surface area contributed by atoms with Crippen LogP contribution in [-0.4, -0.2) is 22.7 Å². The van der Waals surface area contributed by atoms with E-state index in [1.165, 1.54) is 11.3 Å². The number of aryl methyl sites for hydroxylation is 1. The van der Waals surface area contributed by atoms with Crippen LogP contribution in [0, 0.1) is 6.92 Å². The summed E-state index contributed by atoms with van der Waals surface area (Å²) in [5.41, 5.74) is 1.32. The Kier molecular flexibility index (Phi) is 4.17. The normalized spacial score (nSPS) is 11.0. The highest BCUT2D eigenvalue weighted by atomic mass is 32.1. The van der Waals surface area contributed by atoms with Crippen molar-refractivity contribution in [1.29, 1.82) is 0 Å². The van der Waals surface area contributed by atoms with Gasteiger partial charge in [0.2, 0.25) is 5.13 Å². The number of nitrogens with one attached hydrogen (secondary N) is 1. The fraction of sp³-hybridized carbons (Fsp3) is 0.267. The lowest BCUT2D eigenvalue weighted by Crippen LogP contribution is -2.11. The SMILES string of the molecule is CCOCc1nnc(NC(=O)c2ccc3oc(C)cc3c2)s1. The van der Waals surface area contributed by atoms with Gasteiger partial charge < -0.3 is 9.15 Å². The maximum Gasteiger partial charge on any atom is 0.257 e. The number of hydrogen-bond donors (Lipinski definition) is 1. The monoisotopic (exact) mass is 317 g/mol. The average molecular weight is 317 g/mol. The number of anilines is 1. The molecular formula is C15H15N3O3S. The average Bonchev–Trinajstić information content (AvgIpc) is 3.09. The van der Waals surface area contributed by atoms with Crippen LogP contribution in [0.2, 0.25) is 0 Å². The standard InChI is InChI=1S/C15H15N3O3S/c1-3-20-8-13-17-18-15(22-13)16-14(19)10-4-5-12-11(7-10)6-9(2)21-12/h4-7H,3,8H2,1-2H3,(H,16,18,19). The van der Waals surface area contributed by atoms with Crippen LogP contribution in [0.15, 0.2) is 28.7 Å². The maximum atomic E-state index is 12.3. The van der Waals surface area contributed by atoms with E-state index in [0.717, 1.165) is 21.7 Å². The van der Waals surface area contributed by atoms with Crippen molar-refractivity contribution in [2.75, 3.05) is 11.9 Å². The van der Waals surface area contributed by atoms with Gasteiger partial charge in [-0.15, -0.1) is 10.2 Å². The molecule has 0 unspecified atom stereocenters. The van der Waals surface area contributed by atoms with Gasteiger partial charge in [-0.05, 0) is 38.1 Å². The molecule has 0 saturated heterocycles. The number of carbonyl (C=O) groups excluding carboxylic acids is 1. The first-order valence-electron chi connectivity index (χ1n) is 6.87. The number of rotatable bonds is 5. The van der Waals surface area contributed by atoms with Crippen LogP contribution in [0.1, 0.15) is 28.0 Å². The lowest BCUT2D eigenvalue weighted by Gasteiger charge is -2.00. The molecule has 2 aromatic heterocycles. The summed E-state index contributed by atoms with van der Waals surface area (Å²) in [6.07, 6.45) is 0. The van der Waals surface area contributed by atoms with Gasteiger partial charge in [-0.3, -0.25) is 10.1 Å². The predicted molar refractivity (Wildman–Crippen MR) is 84.1 cm³/mol. The van der Waals surface area contributed by atoms with Gasteiger partial charge in [0.25, 0.3) is 5.91 Å². The van der Waals surface area contributed by atoms with Gasteiger partial charge in [0, 0.05) is 17.6 Å². The molecule has 1 amide bonds. The topological polar surface area (TPSA) is 77.3 Å². The molecule has 0 bridgehead atoms. The molecule has 1 N–H and O–H groups in total. The first-order valence-corrected chi connectivity index (χ1v) is 7.69. The third kappa shape index (κ3) is 3.15. The van der Waals surface area contributed by atoms with Crippen LogP contribution in [0.25, 0.3) is 11.0 Å². The molecule has 0 aliphatic rings. The molecule has 2 heterocycles. The Labute approximate surface area is 131 Å². The fourth-order valence-electron chi connectivity index (χ4n) is 2.04. The van der Waals surface area contributed by atoms with E-state index in [0.29, 0.717) is 23.9 Å². The van der Waals surface area contributed by atoms with Gasteiger partial charge in [0.15, 0.2) is 0 Å². The summed E-state index contributed by atoms with van der Waals surface area (Å²) in [5.74, 6) is 0.595. The van der Waals surface area contributed by atoms with Gasteiger partial charge in [0.05, 0.1) is 0 Å². The minimum atomic E-state index is -0.222. The van der Waals surface area contributed by atoms with Crippen LogP contribution in [-0.2, 0) is 11.3 Å². The molecule has 114 valence electrons. The number of nitrogens with zero attached hydrogens (tertiary/aromatic N) is 2. The van der Waals surface area contributed by atoms with Crippen molar-refractivity contribution in [1.82, 2.24) is 10.2 Å². The zero-order valence-electron chi connectivity index (χ0n) is 12.3. The molecular weight excluding hydrogens is 302 g/mol. The first-order chi connectivity index (χ1) is 10.7. The molecule has 0 radical (unpaired) electrons. The summed E-state index contributed by atoms with van der Waals surface area (Å²) < 4.78 is 10.8. The largest absolute Gasteiger partial charge is 0.461 e. The second kappa shape index (κ2) is 6.25. The maximum absolute atomic E-state index is 12.3. The number of amides is 1. The van der Waals surface area contributed by atoms with E-state index in [1.54, 1.807) is 18.2 Å². The zero-order valence-corrected chi connectivity index (χ0v) is 13.1. The number of carbonyl (C=O) groups is 1. The highest BCUT2D eigenvalue weighted by Crippen LogP contribution is 2.22. The number of furan rings is 1. The number of ether oxygens (including phenoxy) is 1. The van der Waals surface area contributed by atoms with Crippen molar-refractivity contribution in [3.63, 3.8) is 0 Å². The van der Waals surface area contributed by atoms with E-state index < -0.39 is 0 Å². The number of benzene rings is 1. The van der Waals surface area contributed by atoms with Crippen molar-refractivity contribution < 1.29 is 13.9 Å². The molecule has 0 fully saturated rings. The highest BCUT2D eigenvalue weighted by Gasteiger charge is 2.12. The van der Waals surface area contributed by atoms with Gasteiger partial charge in [-0.25, -0.2) is 0 Å². The smallest absolute Gasteiger partial charge is 0.257 e.